The molecule has 1 unspecified atom stereocenters. The van der Waals surface area contributed by atoms with Gasteiger partial charge >= 0.3 is 0 Å². The van der Waals surface area contributed by atoms with Crippen molar-refractivity contribution in [2.24, 2.45) is 5.73 Å². The number of nitrogens with zero attached hydrogens (tertiary/aromatic N) is 1. The van der Waals surface area contributed by atoms with E-state index in [1.165, 1.54) is 5.56 Å². The van der Waals surface area contributed by atoms with E-state index in [9.17, 15) is 0 Å². The first-order valence-corrected chi connectivity index (χ1v) is 7.06. The van der Waals surface area contributed by atoms with Gasteiger partial charge in [-0.3, -0.25) is 4.90 Å². The van der Waals surface area contributed by atoms with E-state index in [2.05, 4.69) is 43.1 Å². The number of likely N-dealkylation sites (N-methyl/N-ethyl adjacent to an activating group) is 1. The fourth-order valence-electron chi connectivity index (χ4n) is 2.23. The number of benzene rings is 1. The van der Waals surface area contributed by atoms with Gasteiger partial charge in [0.15, 0.2) is 6.29 Å². The van der Waals surface area contributed by atoms with Crippen molar-refractivity contribution in [3.05, 3.63) is 35.9 Å². The zero-order valence-electron chi connectivity index (χ0n) is 13.1. The molecule has 1 atom stereocenters. The smallest absolute Gasteiger partial charge is 0.158 e. The van der Waals surface area contributed by atoms with Gasteiger partial charge in [-0.15, -0.1) is 0 Å². The number of hydrogen-bond acceptors (Lipinski definition) is 4. The van der Waals surface area contributed by atoms with Crippen LogP contribution in [-0.4, -0.2) is 51.1 Å². The van der Waals surface area contributed by atoms with E-state index in [4.69, 9.17) is 15.2 Å². The zero-order chi connectivity index (χ0) is 15.0. The van der Waals surface area contributed by atoms with Gasteiger partial charge in [0, 0.05) is 39.3 Å². The summed E-state index contributed by atoms with van der Waals surface area (Å²) in [5, 5.41) is 0. The molecule has 0 aliphatic carbocycles. The molecule has 0 saturated carbocycles. The van der Waals surface area contributed by atoms with Crippen molar-refractivity contribution in [1.29, 1.82) is 0 Å². The molecule has 2 N–H and O–H groups in total. The average molecular weight is 280 g/mol. The second kappa shape index (κ2) is 8.37. The highest BCUT2D eigenvalue weighted by Gasteiger charge is 2.31. The highest BCUT2D eigenvalue weighted by Crippen LogP contribution is 2.21. The maximum absolute atomic E-state index is 5.98. The fourth-order valence-corrected chi connectivity index (χ4v) is 2.23. The van der Waals surface area contributed by atoms with Gasteiger partial charge < -0.3 is 15.2 Å². The first-order valence-electron chi connectivity index (χ1n) is 7.06. The van der Waals surface area contributed by atoms with Crippen LogP contribution in [0.4, 0.5) is 0 Å². The molecule has 20 heavy (non-hydrogen) atoms. The molecule has 0 saturated heterocycles. The number of nitrogens with two attached hydrogens (primary N) is 1. The van der Waals surface area contributed by atoms with Crippen LogP contribution in [0.25, 0.3) is 0 Å². The number of hydrogen-bond donors (Lipinski definition) is 1. The quantitative estimate of drug-likeness (QED) is 0.702. The Balaban J connectivity index is 2.59. The summed E-state index contributed by atoms with van der Waals surface area (Å²) in [4.78, 5) is 2.30. The first-order chi connectivity index (χ1) is 9.55. The van der Waals surface area contributed by atoms with Crippen molar-refractivity contribution in [3.8, 4) is 0 Å². The van der Waals surface area contributed by atoms with Crippen LogP contribution in [0.2, 0.25) is 0 Å². The van der Waals surface area contributed by atoms with E-state index >= 15 is 0 Å². The van der Waals surface area contributed by atoms with E-state index < -0.39 is 0 Å². The molecule has 0 radical (unpaired) electrons. The molecular weight excluding hydrogens is 252 g/mol. The maximum Gasteiger partial charge on any atom is 0.158 e. The van der Waals surface area contributed by atoms with E-state index in [0.29, 0.717) is 6.54 Å². The van der Waals surface area contributed by atoms with Crippen LogP contribution in [0.5, 0.6) is 0 Å². The van der Waals surface area contributed by atoms with Gasteiger partial charge in [-0.2, -0.15) is 0 Å². The molecular formula is C16H28N2O2. The Kier molecular flexibility index (Phi) is 7.16. The van der Waals surface area contributed by atoms with Crippen LogP contribution < -0.4 is 5.73 Å². The largest absolute Gasteiger partial charge is 0.356 e. The Morgan fingerprint density at radius 1 is 1.20 bits per heavy atom. The van der Waals surface area contributed by atoms with Crippen molar-refractivity contribution in [2.45, 2.75) is 31.6 Å². The predicted octanol–water partition coefficient (Wildman–Crippen LogP) is 1.89. The molecule has 4 nitrogen and oxygen atoms in total. The molecule has 0 aliphatic heterocycles. The lowest BCUT2D eigenvalue weighted by atomic mass is 9.95. The van der Waals surface area contributed by atoms with Gasteiger partial charge in [-0.05, 0) is 26.0 Å². The summed E-state index contributed by atoms with van der Waals surface area (Å²) in [6.07, 6.45) is 1.54. The highest BCUT2D eigenvalue weighted by molar-refractivity contribution is 5.15. The summed E-state index contributed by atoms with van der Waals surface area (Å²) in [6, 6.07) is 10.5. The molecule has 1 rings (SSSR count). The minimum absolute atomic E-state index is 0.133. The number of methoxy groups -OCH3 is 2. The minimum atomic E-state index is -0.220. The number of rotatable bonds is 9. The molecule has 0 aromatic heterocycles. The molecule has 1 aromatic rings. The Bertz CT molecular complexity index is 368. The summed E-state index contributed by atoms with van der Waals surface area (Å²) in [7, 11) is 5.43. The third kappa shape index (κ3) is 4.87. The second-order valence-electron chi connectivity index (χ2n) is 5.46. The summed E-state index contributed by atoms with van der Waals surface area (Å²) in [5.74, 6) is 0. The van der Waals surface area contributed by atoms with E-state index in [1.54, 1.807) is 14.2 Å². The number of ether oxygens (including phenoxy) is 2. The predicted molar refractivity (Wildman–Crippen MR) is 82.7 cm³/mol. The highest BCUT2D eigenvalue weighted by atomic mass is 16.7. The van der Waals surface area contributed by atoms with Crippen molar-refractivity contribution >= 4 is 0 Å². The molecule has 0 aliphatic rings. The summed E-state index contributed by atoms with van der Waals surface area (Å²) in [6.45, 7) is 3.68. The summed E-state index contributed by atoms with van der Waals surface area (Å²) in [5.41, 5.74) is 7.19. The first kappa shape index (κ1) is 17.1. The lowest BCUT2D eigenvalue weighted by Gasteiger charge is -2.39. The second-order valence-corrected chi connectivity index (χ2v) is 5.46. The SMILES string of the molecule is COC(CC(C)(CN)N(C)CCc1ccccc1)OC. The summed E-state index contributed by atoms with van der Waals surface area (Å²) < 4.78 is 10.6. The van der Waals surface area contributed by atoms with Gasteiger partial charge in [0.2, 0.25) is 0 Å². The molecule has 0 bridgehead atoms. The Morgan fingerprint density at radius 2 is 1.80 bits per heavy atom. The van der Waals surface area contributed by atoms with Crippen LogP contribution in [0.3, 0.4) is 0 Å². The van der Waals surface area contributed by atoms with Crippen molar-refractivity contribution in [1.82, 2.24) is 4.90 Å². The molecule has 0 fully saturated rings. The molecule has 0 spiro atoms. The van der Waals surface area contributed by atoms with Crippen LogP contribution in [0, 0.1) is 0 Å². The Labute approximate surface area is 122 Å². The van der Waals surface area contributed by atoms with E-state index in [1.807, 2.05) is 6.07 Å². The van der Waals surface area contributed by atoms with Gasteiger partial charge in [0.25, 0.3) is 0 Å². The normalized spacial score (nSPS) is 14.8. The molecule has 114 valence electrons. The third-order valence-electron chi connectivity index (χ3n) is 4.07. The fraction of sp³-hybridized carbons (Fsp3) is 0.625. The van der Waals surface area contributed by atoms with Gasteiger partial charge in [0.05, 0.1) is 0 Å². The molecule has 1 aromatic carbocycles. The Hall–Kier alpha value is -0.940. The van der Waals surface area contributed by atoms with Crippen LogP contribution in [-0.2, 0) is 15.9 Å². The maximum atomic E-state index is 5.98. The third-order valence-corrected chi connectivity index (χ3v) is 4.07. The summed E-state index contributed by atoms with van der Waals surface area (Å²) >= 11 is 0. The van der Waals surface area contributed by atoms with Gasteiger partial charge in [-0.1, -0.05) is 30.3 Å². The Morgan fingerprint density at radius 3 is 2.30 bits per heavy atom. The van der Waals surface area contributed by atoms with Crippen molar-refractivity contribution in [3.63, 3.8) is 0 Å². The standard InChI is InChI=1S/C16H28N2O2/c1-16(13-17,12-15(19-3)20-4)18(2)11-10-14-8-6-5-7-9-14/h5-9,15H,10-13,17H2,1-4H3. The minimum Gasteiger partial charge on any atom is -0.356 e. The lowest BCUT2D eigenvalue weighted by Crippen LogP contribution is -2.52. The zero-order valence-corrected chi connectivity index (χ0v) is 13.1. The van der Waals surface area contributed by atoms with Crippen molar-refractivity contribution < 1.29 is 9.47 Å². The van der Waals surface area contributed by atoms with Crippen LogP contribution in [0.1, 0.15) is 18.9 Å². The van der Waals surface area contributed by atoms with Gasteiger partial charge in [-0.25, -0.2) is 0 Å². The average Bonchev–Trinajstić information content (AvgIpc) is 2.50. The van der Waals surface area contributed by atoms with E-state index in [-0.39, 0.29) is 11.8 Å². The van der Waals surface area contributed by atoms with Crippen molar-refractivity contribution in [2.75, 3.05) is 34.4 Å². The van der Waals surface area contributed by atoms with Crippen LogP contribution in [0.15, 0.2) is 30.3 Å². The molecule has 4 heteroatoms. The molecule has 0 amide bonds. The van der Waals surface area contributed by atoms with Crippen LogP contribution >= 0.6 is 0 Å². The monoisotopic (exact) mass is 280 g/mol. The lowest BCUT2D eigenvalue weighted by molar-refractivity contribution is -0.126. The molecule has 0 heterocycles. The van der Waals surface area contributed by atoms with Gasteiger partial charge in [0.1, 0.15) is 0 Å². The van der Waals surface area contributed by atoms with E-state index in [0.717, 1.165) is 19.4 Å². The topological polar surface area (TPSA) is 47.7 Å².